The molecule has 1 amide bonds. The van der Waals surface area contributed by atoms with Crippen LogP contribution < -0.4 is 16.0 Å². The van der Waals surface area contributed by atoms with Crippen molar-refractivity contribution in [3.05, 3.63) is 34.4 Å². The number of rotatable bonds is 6. The zero-order valence-electron chi connectivity index (χ0n) is 12.5. The maximum Gasteiger partial charge on any atom is 0.271 e. The fraction of sp³-hybridized carbons (Fsp3) is 0.385. The van der Waals surface area contributed by atoms with Gasteiger partial charge in [-0.3, -0.25) is 14.9 Å². The van der Waals surface area contributed by atoms with Crippen molar-refractivity contribution in [3.63, 3.8) is 0 Å². The van der Waals surface area contributed by atoms with Crippen molar-refractivity contribution in [2.24, 2.45) is 0 Å². The van der Waals surface area contributed by atoms with Crippen molar-refractivity contribution in [1.82, 2.24) is 10.6 Å². The van der Waals surface area contributed by atoms with Gasteiger partial charge in [0.25, 0.3) is 5.69 Å². The molecule has 3 N–H and O–H groups in total. The number of non-ortho nitro benzene ring substituents is 1. The monoisotopic (exact) mass is 412 g/mol. The lowest BCUT2D eigenvalue weighted by Crippen LogP contribution is -2.56. The third-order valence-corrected chi connectivity index (χ3v) is 3.57. The number of amides is 1. The first-order chi connectivity index (χ1) is 11.1. The summed E-state index contributed by atoms with van der Waals surface area (Å²) in [6.07, 6.45) is -0.168. The summed E-state index contributed by atoms with van der Waals surface area (Å²) >= 11 is 22.6. The summed E-state index contributed by atoms with van der Waals surface area (Å²) < 4.78 is -1.85. The number of benzene rings is 1. The topological polar surface area (TPSA) is 96.3 Å². The number of hydrogen-bond donors (Lipinski definition) is 3. The van der Waals surface area contributed by atoms with E-state index in [9.17, 15) is 14.9 Å². The first-order valence-corrected chi connectivity index (χ1v) is 8.35. The zero-order chi connectivity index (χ0) is 18.3. The molecule has 0 saturated carbocycles. The van der Waals surface area contributed by atoms with Crippen LogP contribution in [0.3, 0.4) is 0 Å². The number of carbonyl (C=O) groups excluding carboxylic acids is 1. The lowest BCUT2D eigenvalue weighted by Gasteiger charge is -2.27. The Hall–Kier alpha value is -1.35. The Balaban J connectivity index is 2.76. The molecule has 0 aromatic heterocycles. The van der Waals surface area contributed by atoms with E-state index in [4.69, 9.17) is 47.0 Å². The molecule has 1 aromatic rings. The first-order valence-electron chi connectivity index (χ1n) is 6.81. The number of nitro groups is 1. The lowest BCUT2D eigenvalue weighted by molar-refractivity contribution is -0.384. The third kappa shape index (κ3) is 7.04. The maximum atomic E-state index is 11.7. The summed E-state index contributed by atoms with van der Waals surface area (Å²) in [5.41, 5.74) is 0.279. The first kappa shape index (κ1) is 20.7. The van der Waals surface area contributed by atoms with Gasteiger partial charge in [0.15, 0.2) is 5.11 Å². The Morgan fingerprint density at radius 2 is 2.04 bits per heavy atom. The molecule has 1 rings (SSSR count). The van der Waals surface area contributed by atoms with Crippen LogP contribution in [0.5, 0.6) is 0 Å². The second-order valence-electron chi connectivity index (χ2n) is 4.70. The molecule has 0 saturated heterocycles. The van der Waals surface area contributed by atoms with Gasteiger partial charge < -0.3 is 16.0 Å². The second kappa shape index (κ2) is 9.22. The van der Waals surface area contributed by atoms with Crippen LogP contribution in [0.1, 0.15) is 19.8 Å². The number of hydrogen-bond acceptors (Lipinski definition) is 4. The summed E-state index contributed by atoms with van der Waals surface area (Å²) in [7, 11) is 0. The molecule has 0 heterocycles. The molecule has 11 heteroatoms. The number of nitro benzene ring substituents is 1. The van der Waals surface area contributed by atoms with Gasteiger partial charge in [0.1, 0.15) is 6.17 Å². The molecule has 1 unspecified atom stereocenters. The highest BCUT2D eigenvalue weighted by Gasteiger charge is 2.34. The van der Waals surface area contributed by atoms with E-state index in [1.165, 1.54) is 18.2 Å². The molecule has 0 bridgehead atoms. The highest BCUT2D eigenvalue weighted by molar-refractivity contribution is 7.80. The Morgan fingerprint density at radius 1 is 1.38 bits per heavy atom. The molecule has 132 valence electrons. The van der Waals surface area contributed by atoms with Crippen LogP contribution in [0.25, 0.3) is 0 Å². The number of halogens is 3. The zero-order valence-corrected chi connectivity index (χ0v) is 15.6. The second-order valence-corrected chi connectivity index (χ2v) is 7.48. The average Bonchev–Trinajstić information content (AvgIpc) is 2.46. The van der Waals surface area contributed by atoms with E-state index in [0.29, 0.717) is 12.1 Å². The van der Waals surface area contributed by atoms with Crippen molar-refractivity contribution in [3.8, 4) is 0 Å². The fourth-order valence-electron chi connectivity index (χ4n) is 1.66. The predicted molar refractivity (Wildman–Crippen MR) is 99.6 cm³/mol. The molecule has 0 aliphatic heterocycles. The summed E-state index contributed by atoms with van der Waals surface area (Å²) in [5.74, 6) is -0.306. The van der Waals surface area contributed by atoms with Crippen molar-refractivity contribution in [1.29, 1.82) is 0 Å². The SMILES string of the molecule is CCCC(=O)NC(NC(=S)Nc1cccc([N+](=O)[O-])c1)C(Cl)(Cl)Cl. The van der Waals surface area contributed by atoms with Gasteiger partial charge in [0.2, 0.25) is 9.70 Å². The van der Waals surface area contributed by atoms with Crippen LogP contribution >= 0.6 is 47.0 Å². The van der Waals surface area contributed by atoms with Gasteiger partial charge in [-0.15, -0.1) is 0 Å². The number of nitrogens with one attached hydrogen (secondary N) is 3. The van der Waals surface area contributed by atoms with E-state index in [2.05, 4.69) is 16.0 Å². The summed E-state index contributed by atoms with van der Waals surface area (Å²) in [5, 5.41) is 18.7. The van der Waals surface area contributed by atoms with Crippen molar-refractivity contribution in [2.45, 2.75) is 29.7 Å². The fourth-order valence-corrected chi connectivity index (χ4v) is 2.22. The highest BCUT2D eigenvalue weighted by Crippen LogP contribution is 2.29. The molecule has 0 radical (unpaired) electrons. The van der Waals surface area contributed by atoms with Crippen molar-refractivity contribution >= 4 is 69.4 Å². The number of alkyl halides is 3. The molecular formula is C13H15Cl3N4O3S. The Labute approximate surface area is 159 Å². The normalized spacial score (nSPS) is 12.2. The van der Waals surface area contributed by atoms with Crippen LogP contribution in [0.15, 0.2) is 24.3 Å². The number of anilines is 1. The van der Waals surface area contributed by atoms with Crippen LogP contribution in [0.4, 0.5) is 11.4 Å². The van der Waals surface area contributed by atoms with E-state index in [0.717, 1.165) is 0 Å². The Bertz CT molecular complexity index is 625. The molecule has 1 aromatic carbocycles. The van der Waals surface area contributed by atoms with E-state index in [1.54, 1.807) is 6.07 Å². The molecule has 0 aliphatic rings. The summed E-state index contributed by atoms with van der Waals surface area (Å²) in [4.78, 5) is 21.9. The van der Waals surface area contributed by atoms with Crippen molar-refractivity contribution < 1.29 is 9.72 Å². The van der Waals surface area contributed by atoms with Crippen molar-refractivity contribution in [2.75, 3.05) is 5.32 Å². The van der Waals surface area contributed by atoms with Gasteiger partial charge in [0.05, 0.1) is 4.92 Å². The Morgan fingerprint density at radius 3 is 2.58 bits per heavy atom. The van der Waals surface area contributed by atoms with Gasteiger partial charge in [-0.2, -0.15) is 0 Å². The number of carbonyl (C=O) groups is 1. The smallest absolute Gasteiger partial charge is 0.271 e. The van der Waals surface area contributed by atoms with Crippen LogP contribution in [-0.4, -0.2) is 25.9 Å². The summed E-state index contributed by atoms with van der Waals surface area (Å²) in [6, 6.07) is 5.73. The molecule has 0 spiro atoms. The minimum atomic E-state index is -1.85. The molecule has 0 fully saturated rings. The number of thiocarbonyl (C=S) groups is 1. The van der Waals surface area contributed by atoms with E-state index >= 15 is 0 Å². The largest absolute Gasteiger partial charge is 0.339 e. The van der Waals surface area contributed by atoms with E-state index < -0.39 is 14.9 Å². The van der Waals surface area contributed by atoms with Gasteiger partial charge in [-0.1, -0.05) is 47.8 Å². The molecule has 0 aliphatic carbocycles. The van der Waals surface area contributed by atoms with Gasteiger partial charge >= 0.3 is 0 Å². The minimum Gasteiger partial charge on any atom is -0.339 e. The predicted octanol–water partition coefficient (Wildman–Crippen LogP) is 3.49. The molecular weight excluding hydrogens is 399 g/mol. The van der Waals surface area contributed by atoms with Gasteiger partial charge in [-0.05, 0) is 24.7 Å². The van der Waals surface area contributed by atoms with Crippen LogP contribution in [-0.2, 0) is 4.79 Å². The van der Waals surface area contributed by atoms with Gasteiger partial charge in [0, 0.05) is 24.2 Å². The van der Waals surface area contributed by atoms with Crippen LogP contribution in [0.2, 0.25) is 0 Å². The standard InChI is InChI=1S/C13H15Cl3N4O3S/c1-2-4-10(21)18-11(13(14,15)16)19-12(24)17-8-5-3-6-9(7-8)20(22)23/h3,5-7,11H,2,4H2,1H3,(H,18,21)(H2,17,19,24). The molecule has 7 nitrogen and oxygen atoms in total. The quantitative estimate of drug-likeness (QED) is 0.217. The summed E-state index contributed by atoms with van der Waals surface area (Å²) in [6.45, 7) is 1.84. The minimum absolute atomic E-state index is 0.0311. The van der Waals surface area contributed by atoms with Crippen LogP contribution in [0, 0.1) is 10.1 Å². The average molecular weight is 414 g/mol. The van der Waals surface area contributed by atoms with Gasteiger partial charge in [-0.25, -0.2) is 0 Å². The van der Waals surface area contributed by atoms with E-state index in [-0.39, 0.29) is 23.1 Å². The van der Waals surface area contributed by atoms with E-state index in [1.807, 2.05) is 6.92 Å². The molecule has 24 heavy (non-hydrogen) atoms. The third-order valence-electron chi connectivity index (χ3n) is 2.70. The maximum absolute atomic E-state index is 11.7. The number of nitrogens with zero attached hydrogens (tertiary/aromatic N) is 1. The lowest BCUT2D eigenvalue weighted by atomic mass is 10.3. The Kier molecular flexibility index (Phi) is 7.95. The molecule has 1 atom stereocenters. The highest BCUT2D eigenvalue weighted by atomic mass is 35.6.